The molecule has 1 aliphatic heterocycles. The zero-order valence-corrected chi connectivity index (χ0v) is 17.7. The lowest BCUT2D eigenvalue weighted by molar-refractivity contribution is -0.126. The molecule has 0 radical (unpaired) electrons. The average Bonchev–Trinajstić information content (AvgIpc) is 2.75. The Bertz CT molecular complexity index is 836. The molecule has 1 aliphatic rings. The normalized spacial score (nSPS) is 14.5. The number of nitrogens with one attached hydrogen (secondary N) is 1. The number of carbonyl (C=O) groups is 2. The van der Waals surface area contributed by atoms with Gasteiger partial charge in [-0.25, -0.2) is 4.39 Å². The number of amides is 2. The van der Waals surface area contributed by atoms with E-state index in [1.165, 1.54) is 6.07 Å². The molecule has 1 fully saturated rings. The quantitative estimate of drug-likeness (QED) is 0.631. The summed E-state index contributed by atoms with van der Waals surface area (Å²) in [5.41, 5.74) is 0.658. The minimum absolute atomic E-state index is 0.00153. The van der Waals surface area contributed by atoms with Crippen molar-refractivity contribution in [3.63, 3.8) is 0 Å². The highest BCUT2D eigenvalue weighted by Crippen LogP contribution is 2.20. The number of piperidine rings is 1. The van der Waals surface area contributed by atoms with E-state index in [2.05, 4.69) is 21.2 Å². The Morgan fingerprint density at radius 2 is 1.79 bits per heavy atom. The maximum atomic E-state index is 13.5. The maximum Gasteiger partial charge on any atom is 0.253 e. The van der Waals surface area contributed by atoms with Gasteiger partial charge in [0.2, 0.25) is 5.91 Å². The van der Waals surface area contributed by atoms with Crippen molar-refractivity contribution in [2.75, 3.05) is 26.2 Å². The Balaban J connectivity index is 1.35. The first-order valence-electron chi connectivity index (χ1n) is 9.74. The molecule has 3 rings (SSSR count). The molecule has 0 unspecified atom stereocenters. The fourth-order valence-electron chi connectivity index (χ4n) is 3.29. The molecule has 0 aromatic heterocycles. The molecule has 1 saturated heterocycles. The van der Waals surface area contributed by atoms with Gasteiger partial charge in [0.05, 0.1) is 6.61 Å². The van der Waals surface area contributed by atoms with E-state index in [4.69, 9.17) is 4.74 Å². The van der Waals surface area contributed by atoms with Gasteiger partial charge in [-0.15, -0.1) is 0 Å². The predicted molar refractivity (Wildman–Crippen MR) is 112 cm³/mol. The summed E-state index contributed by atoms with van der Waals surface area (Å²) in [6, 6.07) is 13.6. The summed E-state index contributed by atoms with van der Waals surface area (Å²) in [4.78, 5) is 26.7. The van der Waals surface area contributed by atoms with Gasteiger partial charge < -0.3 is 15.0 Å². The Morgan fingerprint density at radius 3 is 2.48 bits per heavy atom. The molecule has 2 aromatic carbocycles. The molecule has 29 heavy (non-hydrogen) atoms. The molecular formula is C22H24BrFN2O3. The lowest BCUT2D eigenvalue weighted by Crippen LogP contribution is -2.43. The first-order valence-corrected chi connectivity index (χ1v) is 10.5. The zero-order chi connectivity index (χ0) is 20.6. The number of para-hydroxylation sites is 1. The highest BCUT2D eigenvalue weighted by Gasteiger charge is 2.27. The van der Waals surface area contributed by atoms with Crippen LogP contribution in [-0.4, -0.2) is 43.0 Å². The van der Waals surface area contributed by atoms with E-state index in [-0.39, 0.29) is 29.3 Å². The number of carbonyl (C=O) groups excluding carboxylic acids is 2. The number of benzene rings is 2. The minimum Gasteiger partial charge on any atom is -0.490 e. The number of halogens is 2. The van der Waals surface area contributed by atoms with Crippen LogP contribution >= 0.6 is 15.9 Å². The fourth-order valence-corrected chi connectivity index (χ4v) is 3.56. The summed E-state index contributed by atoms with van der Waals surface area (Å²) in [6.45, 7) is 1.96. The number of nitrogens with zero attached hydrogens (tertiary/aromatic N) is 1. The van der Waals surface area contributed by atoms with Crippen molar-refractivity contribution in [3.8, 4) is 5.75 Å². The van der Waals surface area contributed by atoms with Crippen LogP contribution in [0.2, 0.25) is 0 Å². The van der Waals surface area contributed by atoms with Gasteiger partial charge in [0.15, 0.2) is 11.6 Å². The molecule has 0 spiro atoms. The SMILES string of the molecule is O=C(NCCCOc1ccccc1F)C1CCN(C(=O)c2ccc(Br)cc2)CC1. The van der Waals surface area contributed by atoms with E-state index in [1.807, 2.05) is 12.1 Å². The van der Waals surface area contributed by atoms with Crippen molar-refractivity contribution in [1.29, 1.82) is 0 Å². The molecule has 1 heterocycles. The first-order chi connectivity index (χ1) is 14.0. The number of hydrogen-bond donors (Lipinski definition) is 1. The van der Waals surface area contributed by atoms with Crippen LogP contribution < -0.4 is 10.1 Å². The fraction of sp³-hybridized carbons (Fsp3) is 0.364. The highest BCUT2D eigenvalue weighted by atomic mass is 79.9. The van der Waals surface area contributed by atoms with Gasteiger partial charge in [-0.3, -0.25) is 9.59 Å². The van der Waals surface area contributed by atoms with Crippen LogP contribution in [0.1, 0.15) is 29.6 Å². The predicted octanol–water partition coefficient (Wildman–Crippen LogP) is 4.03. The Morgan fingerprint density at radius 1 is 1.10 bits per heavy atom. The molecule has 2 aromatic rings. The molecule has 0 aliphatic carbocycles. The molecule has 2 amide bonds. The second-order valence-electron chi connectivity index (χ2n) is 7.00. The van der Waals surface area contributed by atoms with Crippen LogP contribution in [0.5, 0.6) is 5.75 Å². The van der Waals surface area contributed by atoms with Crippen molar-refractivity contribution >= 4 is 27.7 Å². The first kappa shape index (κ1) is 21.3. The minimum atomic E-state index is -0.388. The number of likely N-dealkylation sites (tertiary alicyclic amines) is 1. The standard InChI is InChI=1S/C22H24BrFN2O3/c23-18-8-6-17(7-9-18)22(28)26-13-10-16(11-14-26)21(27)25-12-3-15-29-20-5-2-1-4-19(20)24/h1-2,4-9,16H,3,10-15H2,(H,25,27). The summed E-state index contributed by atoms with van der Waals surface area (Å²) < 4.78 is 19.8. The Hall–Kier alpha value is -2.41. The van der Waals surface area contributed by atoms with E-state index in [0.29, 0.717) is 51.1 Å². The summed E-state index contributed by atoms with van der Waals surface area (Å²) in [6.07, 6.45) is 1.90. The largest absolute Gasteiger partial charge is 0.490 e. The smallest absolute Gasteiger partial charge is 0.253 e. The second kappa shape index (κ2) is 10.4. The average molecular weight is 463 g/mol. The Kier molecular flexibility index (Phi) is 7.63. The van der Waals surface area contributed by atoms with Gasteiger partial charge in [0.1, 0.15) is 0 Å². The lowest BCUT2D eigenvalue weighted by atomic mass is 9.95. The second-order valence-corrected chi connectivity index (χ2v) is 7.91. The van der Waals surface area contributed by atoms with Crippen molar-refractivity contribution in [3.05, 3.63) is 64.4 Å². The third-order valence-corrected chi connectivity index (χ3v) is 5.49. The van der Waals surface area contributed by atoms with E-state index >= 15 is 0 Å². The molecule has 5 nitrogen and oxygen atoms in total. The number of ether oxygens (including phenoxy) is 1. The summed E-state index contributed by atoms with van der Waals surface area (Å²) >= 11 is 3.37. The highest BCUT2D eigenvalue weighted by molar-refractivity contribution is 9.10. The third kappa shape index (κ3) is 6.03. The summed E-state index contributed by atoms with van der Waals surface area (Å²) in [5.74, 6) is -0.243. The van der Waals surface area contributed by atoms with Gasteiger partial charge >= 0.3 is 0 Å². The monoisotopic (exact) mass is 462 g/mol. The van der Waals surface area contributed by atoms with Gasteiger partial charge in [-0.2, -0.15) is 0 Å². The molecule has 1 N–H and O–H groups in total. The number of rotatable bonds is 7. The van der Waals surface area contributed by atoms with Crippen LogP contribution in [0, 0.1) is 11.7 Å². The molecule has 7 heteroatoms. The molecule has 0 bridgehead atoms. The van der Waals surface area contributed by atoms with E-state index in [0.717, 1.165) is 4.47 Å². The van der Waals surface area contributed by atoms with E-state index in [1.54, 1.807) is 35.2 Å². The maximum absolute atomic E-state index is 13.5. The van der Waals surface area contributed by atoms with Crippen LogP contribution in [0.3, 0.4) is 0 Å². The van der Waals surface area contributed by atoms with Gasteiger partial charge in [-0.1, -0.05) is 28.1 Å². The van der Waals surface area contributed by atoms with Crippen molar-refractivity contribution in [2.24, 2.45) is 5.92 Å². The molecule has 0 saturated carbocycles. The molecular weight excluding hydrogens is 439 g/mol. The van der Waals surface area contributed by atoms with Crippen molar-refractivity contribution < 1.29 is 18.7 Å². The molecule has 0 atom stereocenters. The summed E-state index contributed by atoms with van der Waals surface area (Å²) in [7, 11) is 0. The lowest BCUT2D eigenvalue weighted by Gasteiger charge is -2.31. The van der Waals surface area contributed by atoms with Gasteiger partial charge in [-0.05, 0) is 55.7 Å². The number of hydrogen-bond acceptors (Lipinski definition) is 3. The van der Waals surface area contributed by atoms with E-state index < -0.39 is 0 Å². The van der Waals surface area contributed by atoms with Crippen LogP contribution in [-0.2, 0) is 4.79 Å². The van der Waals surface area contributed by atoms with Crippen LogP contribution in [0.15, 0.2) is 53.0 Å². The van der Waals surface area contributed by atoms with Gasteiger partial charge in [0, 0.05) is 35.6 Å². The third-order valence-electron chi connectivity index (χ3n) is 4.96. The topological polar surface area (TPSA) is 58.6 Å². The van der Waals surface area contributed by atoms with Gasteiger partial charge in [0.25, 0.3) is 5.91 Å². The Labute approximate surface area is 178 Å². The molecule has 154 valence electrons. The van der Waals surface area contributed by atoms with Crippen LogP contribution in [0.4, 0.5) is 4.39 Å². The van der Waals surface area contributed by atoms with Crippen molar-refractivity contribution in [2.45, 2.75) is 19.3 Å². The van der Waals surface area contributed by atoms with Crippen molar-refractivity contribution in [1.82, 2.24) is 10.2 Å². The zero-order valence-electron chi connectivity index (χ0n) is 16.1. The summed E-state index contributed by atoms with van der Waals surface area (Å²) in [5, 5.41) is 2.91. The van der Waals surface area contributed by atoms with E-state index in [9.17, 15) is 14.0 Å². The van der Waals surface area contributed by atoms with Crippen LogP contribution in [0.25, 0.3) is 0 Å².